The van der Waals surface area contributed by atoms with Crippen molar-refractivity contribution in [3.63, 3.8) is 0 Å². The molecule has 3 aromatic heterocycles. The number of rotatable bonds is 3. The van der Waals surface area contributed by atoms with Crippen molar-refractivity contribution in [2.75, 3.05) is 5.32 Å². The minimum atomic E-state index is 0.347. The van der Waals surface area contributed by atoms with Gasteiger partial charge in [0.05, 0.1) is 5.69 Å². The van der Waals surface area contributed by atoms with E-state index in [-0.39, 0.29) is 0 Å². The molecule has 3 heterocycles. The Bertz CT molecular complexity index is 826. The lowest BCUT2D eigenvalue weighted by molar-refractivity contribution is 0.411. The van der Waals surface area contributed by atoms with Crippen molar-refractivity contribution < 1.29 is 0 Å². The van der Waals surface area contributed by atoms with Crippen LogP contribution in [0.5, 0.6) is 0 Å². The van der Waals surface area contributed by atoms with E-state index in [0.717, 1.165) is 53.5 Å². The van der Waals surface area contributed by atoms with Crippen LogP contribution in [0.4, 0.5) is 5.82 Å². The van der Waals surface area contributed by atoms with Gasteiger partial charge in [0.2, 0.25) is 0 Å². The second-order valence-corrected chi connectivity index (χ2v) is 6.44. The summed E-state index contributed by atoms with van der Waals surface area (Å²) in [7, 11) is 0. The highest BCUT2D eigenvalue weighted by molar-refractivity contribution is 5.94. The zero-order valence-corrected chi connectivity index (χ0v) is 13.5. The van der Waals surface area contributed by atoms with Crippen LogP contribution in [0.3, 0.4) is 0 Å². The van der Waals surface area contributed by atoms with E-state index in [1.807, 2.05) is 30.6 Å². The predicted octanol–water partition coefficient (Wildman–Crippen LogP) is 3.37. The summed E-state index contributed by atoms with van der Waals surface area (Å²) in [5, 5.41) is 5.85. The van der Waals surface area contributed by atoms with Gasteiger partial charge in [0.15, 0.2) is 0 Å². The third kappa shape index (κ3) is 3.08. The molecule has 0 aromatic carbocycles. The maximum atomic E-state index is 6.02. The van der Waals surface area contributed by atoms with E-state index in [2.05, 4.69) is 21.4 Å². The van der Waals surface area contributed by atoms with Crippen LogP contribution in [-0.2, 0) is 0 Å². The van der Waals surface area contributed by atoms with E-state index in [0.29, 0.717) is 12.1 Å². The lowest BCUT2D eigenvalue weighted by atomic mass is 9.92. The molecule has 0 amide bonds. The number of hydrogen-bond acceptors (Lipinski definition) is 5. The molecule has 24 heavy (non-hydrogen) atoms. The molecule has 0 spiro atoms. The maximum Gasteiger partial charge on any atom is 0.134 e. The molecule has 0 radical (unpaired) electrons. The number of nitrogens with one attached hydrogen (secondary N) is 1. The molecule has 1 aliphatic rings. The van der Waals surface area contributed by atoms with Crippen LogP contribution in [0.25, 0.3) is 22.0 Å². The SMILES string of the molecule is NC1CCC(Nc2nc(-c3ccncc3)cc3cnccc23)CC1. The third-order valence-electron chi connectivity index (χ3n) is 4.72. The summed E-state index contributed by atoms with van der Waals surface area (Å²) in [6.45, 7) is 0. The molecule has 1 saturated carbocycles. The zero-order valence-electron chi connectivity index (χ0n) is 13.5. The standard InChI is InChI=1S/C19H21N5/c20-15-1-3-16(4-2-15)23-19-17-7-10-22-12-14(17)11-18(24-19)13-5-8-21-9-6-13/h5-12,15-16H,1-4,20H2,(H,23,24). The van der Waals surface area contributed by atoms with Gasteiger partial charge < -0.3 is 11.1 Å². The Kier molecular flexibility index (Phi) is 4.09. The number of nitrogens with zero attached hydrogens (tertiary/aromatic N) is 3. The molecule has 4 rings (SSSR count). The summed E-state index contributed by atoms with van der Waals surface area (Å²) in [5.74, 6) is 0.933. The van der Waals surface area contributed by atoms with Crippen molar-refractivity contribution in [3.8, 4) is 11.3 Å². The minimum Gasteiger partial charge on any atom is -0.367 e. The van der Waals surface area contributed by atoms with E-state index >= 15 is 0 Å². The van der Waals surface area contributed by atoms with Crippen LogP contribution in [0.2, 0.25) is 0 Å². The van der Waals surface area contributed by atoms with E-state index in [1.165, 1.54) is 0 Å². The molecule has 0 aliphatic heterocycles. The first-order valence-corrected chi connectivity index (χ1v) is 8.47. The highest BCUT2D eigenvalue weighted by atomic mass is 15.0. The monoisotopic (exact) mass is 319 g/mol. The number of hydrogen-bond donors (Lipinski definition) is 2. The number of aromatic nitrogens is 3. The second kappa shape index (κ2) is 6.53. The number of pyridine rings is 3. The lowest BCUT2D eigenvalue weighted by Crippen LogP contribution is -2.33. The molecule has 5 heteroatoms. The van der Waals surface area contributed by atoms with E-state index in [1.54, 1.807) is 12.4 Å². The van der Waals surface area contributed by atoms with Crippen LogP contribution in [0.15, 0.2) is 49.1 Å². The first-order valence-electron chi connectivity index (χ1n) is 8.47. The van der Waals surface area contributed by atoms with Crippen molar-refractivity contribution in [2.45, 2.75) is 37.8 Å². The molecular weight excluding hydrogens is 298 g/mol. The van der Waals surface area contributed by atoms with Gasteiger partial charge in [-0.05, 0) is 49.9 Å². The van der Waals surface area contributed by atoms with Gasteiger partial charge in [-0.2, -0.15) is 0 Å². The molecule has 1 fully saturated rings. The van der Waals surface area contributed by atoms with Gasteiger partial charge in [-0.1, -0.05) is 0 Å². The fraction of sp³-hybridized carbons (Fsp3) is 0.316. The zero-order chi connectivity index (χ0) is 16.4. The number of nitrogens with two attached hydrogens (primary N) is 1. The second-order valence-electron chi connectivity index (χ2n) is 6.44. The Hall–Kier alpha value is -2.53. The fourth-order valence-electron chi connectivity index (χ4n) is 3.34. The Balaban J connectivity index is 1.72. The average Bonchev–Trinajstić information content (AvgIpc) is 2.64. The van der Waals surface area contributed by atoms with Gasteiger partial charge in [0.1, 0.15) is 5.82 Å². The molecule has 5 nitrogen and oxygen atoms in total. The summed E-state index contributed by atoms with van der Waals surface area (Å²) in [6, 6.07) is 8.85. The smallest absolute Gasteiger partial charge is 0.134 e. The van der Waals surface area contributed by atoms with E-state index in [9.17, 15) is 0 Å². The van der Waals surface area contributed by atoms with Crippen LogP contribution >= 0.6 is 0 Å². The normalized spacial score (nSPS) is 20.9. The number of fused-ring (bicyclic) bond motifs is 1. The van der Waals surface area contributed by atoms with Crippen molar-refractivity contribution in [1.29, 1.82) is 0 Å². The molecule has 0 atom stereocenters. The van der Waals surface area contributed by atoms with Crippen molar-refractivity contribution in [1.82, 2.24) is 15.0 Å². The van der Waals surface area contributed by atoms with Crippen LogP contribution in [-0.4, -0.2) is 27.0 Å². The molecule has 122 valence electrons. The summed E-state index contributed by atoms with van der Waals surface area (Å²) >= 11 is 0. The number of anilines is 1. The van der Waals surface area contributed by atoms with Gasteiger partial charge in [-0.15, -0.1) is 0 Å². The maximum absolute atomic E-state index is 6.02. The Morgan fingerprint density at radius 2 is 1.71 bits per heavy atom. The quantitative estimate of drug-likeness (QED) is 0.774. The first-order chi connectivity index (χ1) is 11.8. The highest BCUT2D eigenvalue weighted by Gasteiger charge is 2.19. The minimum absolute atomic E-state index is 0.347. The summed E-state index contributed by atoms with van der Waals surface area (Å²) in [5.41, 5.74) is 8.02. The van der Waals surface area contributed by atoms with Crippen molar-refractivity contribution in [3.05, 3.63) is 49.1 Å². The Morgan fingerprint density at radius 3 is 2.50 bits per heavy atom. The molecule has 0 unspecified atom stereocenters. The fourth-order valence-corrected chi connectivity index (χ4v) is 3.34. The summed E-state index contributed by atoms with van der Waals surface area (Å²) in [6.07, 6.45) is 11.6. The van der Waals surface area contributed by atoms with Gasteiger partial charge in [0.25, 0.3) is 0 Å². The lowest BCUT2D eigenvalue weighted by Gasteiger charge is -2.27. The van der Waals surface area contributed by atoms with Gasteiger partial charge >= 0.3 is 0 Å². The summed E-state index contributed by atoms with van der Waals surface area (Å²) in [4.78, 5) is 13.2. The van der Waals surface area contributed by atoms with Gasteiger partial charge in [-0.3, -0.25) is 9.97 Å². The van der Waals surface area contributed by atoms with Crippen molar-refractivity contribution in [2.24, 2.45) is 5.73 Å². The molecule has 0 bridgehead atoms. The van der Waals surface area contributed by atoms with Crippen LogP contribution in [0.1, 0.15) is 25.7 Å². The highest BCUT2D eigenvalue weighted by Crippen LogP contribution is 2.29. The van der Waals surface area contributed by atoms with Crippen LogP contribution < -0.4 is 11.1 Å². The van der Waals surface area contributed by atoms with Gasteiger partial charge in [-0.25, -0.2) is 4.98 Å². The van der Waals surface area contributed by atoms with Crippen LogP contribution in [0, 0.1) is 0 Å². The largest absolute Gasteiger partial charge is 0.367 e. The molecule has 3 N–H and O–H groups in total. The third-order valence-corrected chi connectivity index (χ3v) is 4.72. The topological polar surface area (TPSA) is 76.7 Å². The Labute approximate surface area is 141 Å². The molecule has 3 aromatic rings. The summed E-state index contributed by atoms with van der Waals surface area (Å²) < 4.78 is 0. The van der Waals surface area contributed by atoms with E-state index < -0.39 is 0 Å². The molecule has 1 aliphatic carbocycles. The van der Waals surface area contributed by atoms with Crippen molar-refractivity contribution >= 4 is 16.6 Å². The average molecular weight is 319 g/mol. The molecular formula is C19H21N5. The first kappa shape index (κ1) is 15.0. The van der Waals surface area contributed by atoms with E-state index in [4.69, 9.17) is 10.7 Å². The van der Waals surface area contributed by atoms with Gasteiger partial charge in [0, 0.05) is 53.2 Å². The Morgan fingerprint density at radius 1 is 0.958 bits per heavy atom. The molecule has 0 saturated heterocycles. The predicted molar refractivity (Wildman–Crippen MR) is 96.6 cm³/mol.